The molecule has 1 unspecified atom stereocenters. The lowest BCUT2D eigenvalue weighted by Crippen LogP contribution is -2.34. The van der Waals surface area contributed by atoms with Crippen molar-refractivity contribution in [3.05, 3.63) is 29.8 Å². The first-order valence-electron chi connectivity index (χ1n) is 6.83. The standard InChI is InChI=1S/C15H23NO2/c1-2-18-13-8-4-3-7-12(13)14(17)15(11-16)9-5-6-10-15/h3-4,7-8,14,17H,2,5-6,9-11,16H2,1H3. The zero-order valence-electron chi connectivity index (χ0n) is 11.1. The predicted molar refractivity (Wildman–Crippen MR) is 72.5 cm³/mol. The van der Waals surface area contributed by atoms with E-state index in [0.29, 0.717) is 13.2 Å². The summed E-state index contributed by atoms with van der Waals surface area (Å²) in [5, 5.41) is 10.7. The normalized spacial score (nSPS) is 19.7. The van der Waals surface area contributed by atoms with E-state index in [9.17, 15) is 5.11 Å². The number of rotatable bonds is 5. The van der Waals surface area contributed by atoms with E-state index in [2.05, 4.69) is 0 Å². The molecule has 1 aromatic carbocycles. The third-order valence-corrected chi connectivity index (χ3v) is 4.10. The number of hydrogen-bond acceptors (Lipinski definition) is 3. The van der Waals surface area contributed by atoms with E-state index >= 15 is 0 Å². The summed E-state index contributed by atoms with van der Waals surface area (Å²) in [6.07, 6.45) is 3.81. The summed E-state index contributed by atoms with van der Waals surface area (Å²) >= 11 is 0. The molecule has 0 bridgehead atoms. The highest BCUT2D eigenvalue weighted by molar-refractivity contribution is 5.36. The molecule has 0 spiro atoms. The average molecular weight is 249 g/mol. The fraction of sp³-hybridized carbons (Fsp3) is 0.600. The topological polar surface area (TPSA) is 55.5 Å². The van der Waals surface area contributed by atoms with Gasteiger partial charge in [0.2, 0.25) is 0 Å². The lowest BCUT2D eigenvalue weighted by atomic mass is 9.77. The molecule has 1 aliphatic rings. The van der Waals surface area contributed by atoms with Crippen molar-refractivity contribution in [1.29, 1.82) is 0 Å². The average Bonchev–Trinajstić information content (AvgIpc) is 2.89. The van der Waals surface area contributed by atoms with Gasteiger partial charge in [0.15, 0.2) is 0 Å². The van der Waals surface area contributed by atoms with Crippen molar-refractivity contribution in [3.8, 4) is 5.75 Å². The maximum absolute atomic E-state index is 10.7. The van der Waals surface area contributed by atoms with E-state index in [1.165, 1.54) is 0 Å². The van der Waals surface area contributed by atoms with Crippen molar-refractivity contribution in [3.63, 3.8) is 0 Å². The second-order valence-corrected chi connectivity index (χ2v) is 5.15. The molecule has 0 aromatic heterocycles. The zero-order chi connectivity index (χ0) is 13.0. The van der Waals surface area contributed by atoms with Crippen LogP contribution in [0.5, 0.6) is 5.75 Å². The largest absolute Gasteiger partial charge is 0.493 e. The lowest BCUT2D eigenvalue weighted by molar-refractivity contribution is 0.0311. The number of benzene rings is 1. The van der Waals surface area contributed by atoms with Gasteiger partial charge in [0.1, 0.15) is 5.75 Å². The monoisotopic (exact) mass is 249 g/mol. The molecule has 3 N–H and O–H groups in total. The van der Waals surface area contributed by atoms with Crippen molar-refractivity contribution in [2.45, 2.75) is 38.7 Å². The van der Waals surface area contributed by atoms with Crippen LogP contribution in [-0.4, -0.2) is 18.3 Å². The fourth-order valence-corrected chi connectivity index (χ4v) is 2.99. The van der Waals surface area contributed by atoms with Crippen molar-refractivity contribution in [2.75, 3.05) is 13.2 Å². The molecule has 1 atom stereocenters. The molecule has 0 heterocycles. The summed E-state index contributed by atoms with van der Waals surface area (Å²) in [7, 11) is 0. The van der Waals surface area contributed by atoms with Gasteiger partial charge in [-0.05, 0) is 25.8 Å². The van der Waals surface area contributed by atoms with Gasteiger partial charge >= 0.3 is 0 Å². The molecule has 1 saturated carbocycles. The molecule has 0 radical (unpaired) electrons. The Bertz CT molecular complexity index is 386. The Balaban J connectivity index is 2.29. The Labute approximate surface area is 109 Å². The number of nitrogens with two attached hydrogens (primary N) is 1. The maximum atomic E-state index is 10.7. The fourth-order valence-electron chi connectivity index (χ4n) is 2.99. The molecule has 3 nitrogen and oxygen atoms in total. The van der Waals surface area contributed by atoms with Gasteiger partial charge < -0.3 is 15.6 Å². The molecule has 0 saturated heterocycles. The summed E-state index contributed by atoms with van der Waals surface area (Å²) < 4.78 is 5.61. The molecule has 2 rings (SSSR count). The van der Waals surface area contributed by atoms with E-state index in [1.54, 1.807) is 0 Å². The number of ether oxygens (including phenoxy) is 1. The van der Waals surface area contributed by atoms with E-state index in [0.717, 1.165) is 37.0 Å². The Morgan fingerprint density at radius 3 is 2.61 bits per heavy atom. The van der Waals surface area contributed by atoms with Gasteiger partial charge in [-0.1, -0.05) is 31.0 Å². The van der Waals surface area contributed by atoms with Gasteiger partial charge in [0, 0.05) is 17.5 Å². The van der Waals surface area contributed by atoms with Crippen LogP contribution in [-0.2, 0) is 0 Å². The molecular weight excluding hydrogens is 226 g/mol. The second kappa shape index (κ2) is 5.72. The number of aliphatic hydroxyl groups is 1. The second-order valence-electron chi connectivity index (χ2n) is 5.15. The van der Waals surface area contributed by atoms with Gasteiger partial charge in [-0.3, -0.25) is 0 Å². The molecule has 1 aliphatic carbocycles. The summed E-state index contributed by atoms with van der Waals surface area (Å²) in [5.74, 6) is 0.784. The van der Waals surface area contributed by atoms with E-state index in [1.807, 2.05) is 31.2 Å². The van der Waals surface area contributed by atoms with Crippen LogP contribution in [0.1, 0.15) is 44.3 Å². The first-order chi connectivity index (χ1) is 8.73. The predicted octanol–water partition coefficient (Wildman–Crippen LogP) is 2.64. The van der Waals surface area contributed by atoms with Gasteiger partial charge in [0.05, 0.1) is 12.7 Å². The Kier molecular flexibility index (Phi) is 4.25. The first-order valence-corrected chi connectivity index (χ1v) is 6.83. The highest BCUT2D eigenvalue weighted by atomic mass is 16.5. The van der Waals surface area contributed by atoms with Crippen molar-refractivity contribution in [1.82, 2.24) is 0 Å². The minimum absolute atomic E-state index is 0.160. The molecule has 0 aliphatic heterocycles. The van der Waals surface area contributed by atoms with Gasteiger partial charge in [-0.25, -0.2) is 0 Å². The summed E-state index contributed by atoms with van der Waals surface area (Å²) in [6.45, 7) is 3.10. The van der Waals surface area contributed by atoms with Crippen LogP contribution in [0.4, 0.5) is 0 Å². The summed E-state index contributed by atoms with van der Waals surface area (Å²) in [5.41, 5.74) is 6.65. The highest BCUT2D eigenvalue weighted by Gasteiger charge is 2.41. The van der Waals surface area contributed by atoms with Crippen molar-refractivity contribution < 1.29 is 9.84 Å². The number of para-hydroxylation sites is 1. The van der Waals surface area contributed by atoms with Crippen molar-refractivity contribution in [2.24, 2.45) is 11.1 Å². The third kappa shape index (κ3) is 2.38. The summed E-state index contributed by atoms with van der Waals surface area (Å²) in [4.78, 5) is 0. The van der Waals surface area contributed by atoms with Crippen LogP contribution in [0.2, 0.25) is 0 Å². The SMILES string of the molecule is CCOc1ccccc1C(O)C1(CN)CCCC1. The molecule has 1 aromatic rings. The summed E-state index contributed by atoms with van der Waals surface area (Å²) in [6, 6.07) is 7.75. The minimum atomic E-state index is -0.521. The zero-order valence-corrected chi connectivity index (χ0v) is 11.1. The van der Waals surface area contributed by atoms with E-state index in [4.69, 9.17) is 10.5 Å². The molecule has 18 heavy (non-hydrogen) atoms. The van der Waals surface area contributed by atoms with E-state index < -0.39 is 6.10 Å². The van der Waals surface area contributed by atoms with Crippen LogP contribution in [0.3, 0.4) is 0 Å². The van der Waals surface area contributed by atoms with Crippen LogP contribution < -0.4 is 10.5 Å². The smallest absolute Gasteiger partial charge is 0.125 e. The number of aliphatic hydroxyl groups excluding tert-OH is 1. The van der Waals surface area contributed by atoms with E-state index in [-0.39, 0.29) is 5.41 Å². The van der Waals surface area contributed by atoms with Gasteiger partial charge in [-0.2, -0.15) is 0 Å². The Morgan fingerprint density at radius 2 is 2.00 bits per heavy atom. The van der Waals surface area contributed by atoms with Crippen molar-refractivity contribution >= 4 is 0 Å². The number of hydrogen-bond donors (Lipinski definition) is 2. The molecule has 3 heteroatoms. The highest BCUT2D eigenvalue weighted by Crippen LogP contribution is 2.48. The minimum Gasteiger partial charge on any atom is -0.493 e. The van der Waals surface area contributed by atoms with Gasteiger partial charge in [0.25, 0.3) is 0 Å². The lowest BCUT2D eigenvalue weighted by Gasteiger charge is -2.34. The quantitative estimate of drug-likeness (QED) is 0.843. The molecule has 0 amide bonds. The van der Waals surface area contributed by atoms with Crippen LogP contribution in [0.25, 0.3) is 0 Å². The van der Waals surface area contributed by atoms with Crippen LogP contribution in [0.15, 0.2) is 24.3 Å². The Morgan fingerprint density at radius 1 is 1.33 bits per heavy atom. The first kappa shape index (κ1) is 13.4. The van der Waals surface area contributed by atoms with Crippen LogP contribution >= 0.6 is 0 Å². The molecule has 100 valence electrons. The maximum Gasteiger partial charge on any atom is 0.125 e. The third-order valence-electron chi connectivity index (χ3n) is 4.10. The molecular formula is C15H23NO2. The molecule has 1 fully saturated rings. The van der Waals surface area contributed by atoms with Crippen LogP contribution in [0, 0.1) is 5.41 Å². The Hall–Kier alpha value is -1.06. The van der Waals surface area contributed by atoms with Gasteiger partial charge in [-0.15, -0.1) is 0 Å².